The fourth-order valence-electron chi connectivity index (χ4n) is 5.37. The summed E-state index contributed by atoms with van der Waals surface area (Å²) in [5.41, 5.74) is 3.83. The van der Waals surface area contributed by atoms with Crippen molar-refractivity contribution >= 4 is 23.4 Å². The Labute approximate surface area is 219 Å². The van der Waals surface area contributed by atoms with Gasteiger partial charge in [-0.1, -0.05) is 0 Å². The van der Waals surface area contributed by atoms with Crippen LogP contribution in [0, 0.1) is 5.92 Å². The number of anilines is 1. The van der Waals surface area contributed by atoms with Gasteiger partial charge in [-0.05, 0) is 37.8 Å². The maximum atomic E-state index is 13.0. The molecule has 12 nitrogen and oxygen atoms in total. The molecule has 2 saturated heterocycles. The Morgan fingerprint density at radius 2 is 1.74 bits per heavy atom. The van der Waals surface area contributed by atoms with Gasteiger partial charge in [0, 0.05) is 75.7 Å². The molecule has 2 bridgehead atoms. The molecule has 2 fully saturated rings. The molecular formula is C26H34N6O6. The normalized spacial score (nSPS) is 20.4. The number of carboxylic acid groups (broad SMARTS) is 2. The number of imidazole rings is 1. The van der Waals surface area contributed by atoms with Crippen LogP contribution in [0.3, 0.4) is 0 Å². The van der Waals surface area contributed by atoms with Gasteiger partial charge < -0.3 is 30.1 Å². The molecule has 3 aromatic heterocycles. The van der Waals surface area contributed by atoms with E-state index >= 15 is 0 Å². The van der Waals surface area contributed by atoms with Gasteiger partial charge in [0.15, 0.2) is 11.5 Å². The van der Waals surface area contributed by atoms with Crippen LogP contribution in [0.2, 0.25) is 0 Å². The largest absolute Gasteiger partial charge is 0.481 e. The highest BCUT2D eigenvalue weighted by molar-refractivity contribution is 5.71. The van der Waals surface area contributed by atoms with E-state index < -0.39 is 11.9 Å². The minimum absolute atomic E-state index is 0.0772. The summed E-state index contributed by atoms with van der Waals surface area (Å²) >= 11 is 0. The molecule has 0 unspecified atom stereocenters. The molecule has 38 heavy (non-hydrogen) atoms. The molecular weight excluding hydrogens is 492 g/mol. The van der Waals surface area contributed by atoms with Crippen LogP contribution in [0.5, 0.6) is 0 Å². The second kappa shape index (κ2) is 11.7. The van der Waals surface area contributed by atoms with E-state index in [2.05, 4.69) is 26.3 Å². The van der Waals surface area contributed by atoms with Gasteiger partial charge in [0.05, 0.1) is 18.0 Å². The van der Waals surface area contributed by atoms with Crippen LogP contribution in [-0.4, -0.2) is 78.5 Å². The third-order valence-corrected chi connectivity index (χ3v) is 6.93. The molecule has 6 heterocycles. The number of carboxylic acids is 2. The number of nitrogens with one attached hydrogen (secondary N) is 1. The molecule has 12 heteroatoms. The van der Waals surface area contributed by atoms with Gasteiger partial charge in [-0.25, -0.2) is 9.97 Å². The van der Waals surface area contributed by atoms with E-state index in [1.807, 2.05) is 21.4 Å². The number of pyridine rings is 1. The zero-order valence-corrected chi connectivity index (χ0v) is 21.6. The number of aliphatic hydroxyl groups is 1. The number of hydrogen-bond acceptors (Lipinski definition) is 8. The summed E-state index contributed by atoms with van der Waals surface area (Å²) in [5.74, 6) is 0.110. The van der Waals surface area contributed by atoms with Crippen LogP contribution in [0.1, 0.15) is 44.7 Å². The number of fused-ring (bicyclic) bond motifs is 5. The predicted molar refractivity (Wildman–Crippen MR) is 140 cm³/mol. The highest BCUT2D eigenvalue weighted by Crippen LogP contribution is 2.34. The van der Waals surface area contributed by atoms with Crippen molar-refractivity contribution in [1.82, 2.24) is 24.3 Å². The van der Waals surface area contributed by atoms with E-state index in [9.17, 15) is 9.90 Å². The molecule has 3 aliphatic heterocycles. The molecule has 0 spiro atoms. The lowest BCUT2D eigenvalue weighted by Gasteiger charge is -2.37. The lowest BCUT2D eigenvalue weighted by molar-refractivity contribution is -0.135. The van der Waals surface area contributed by atoms with Crippen molar-refractivity contribution in [2.75, 3.05) is 31.1 Å². The van der Waals surface area contributed by atoms with Gasteiger partial charge in [0.25, 0.3) is 17.5 Å². The molecule has 3 aromatic rings. The average Bonchev–Trinajstić information content (AvgIpc) is 3.29. The van der Waals surface area contributed by atoms with Crippen molar-refractivity contribution in [3.8, 4) is 11.3 Å². The molecule has 4 N–H and O–H groups in total. The SMILES string of the molecule is CC(=O)O.CC(=O)O.O=c1cc(-c2cnc3c(N4CCC(O)CC4)nccn23)cc2n1C[C@@H]1CNC[C@H]2C1. The van der Waals surface area contributed by atoms with Crippen LogP contribution >= 0.6 is 0 Å². The van der Waals surface area contributed by atoms with E-state index in [4.69, 9.17) is 19.8 Å². The zero-order valence-electron chi connectivity index (χ0n) is 21.6. The van der Waals surface area contributed by atoms with E-state index in [0.717, 1.165) is 94.3 Å². The number of carbonyl (C=O) groups is 2. The molecule has 204 valence electrons. The van der Waals surface area contributed by atoms with Gasteiger partial charge in [-0.15, -0.1) is 0 Å². The first-order chi connectivity index (χ1) is 18.1. The lowest BCUT2D eigenvalue weighted by Crippen LogP contribution is -2.44. The van der Waals surface area contributed by atoms with Crippen LogP contribution < -0.4 is 15.8 Å². The summed E-state index contributed by atoms with van der Waals surface area (Å²) in [6, 6.07) is 3.93. The number of nitrogens with zero attached hydrogens (tertiary/aromatic N) is 5. The Balaban J connectivity index is 0.000000373. The first-order valence-corrected chi connectivity index (χ1v) is 12.7. The molecule has 2 atom stereocenters. The van der Waals surface area contributed by atoms with E-state index in [1.54, 1.807) is 12.3 Å². The maximum Gasteiger partial charge on any atom is 0.300 e. The van der Waals surface area contributed by atoms with E-state index in [0.29, 0.717) is 11.8 Å². The predicted octanol–water partition coefficient (Wildman–Crippen LogP) is 1.41. The number of aliphatic hydroxyl groups excluding tert-OH is 1. The average molecular weight is 527 g/mol. The molecule has 0 amide bonds. The molecule has 3 aliphatic rings. The Morgan fingerprint density at radius 1 is 1.05 bits per heavy atom. The van der Waals surface area contributed by atoms with E-state index in [-0.39, 0.29) is 11.7 Å². The fourth-order valence-corrected chi connectivity index (χ4v) is 5.37. The molecule has 6 rings (SSSR count). The number of rotatable bonds is 2. The Morgan fingerprint density at radius 3 is 2.42 bits per heavy atom. The van der Waals surface area contributed by atoms with Gasteiger partial charge >= 0.3 is 0 Å². The quantitative estimate of drug-likeness (QED) is 0.384. The summed E-state index contributed by atoms with van der Waals surface area (Å²) in [6.07, 6.45) is 7.96. The lowest BCUT2D eigenvalue weighted by atomic mass is 9.83. The van der Waals surface area contributed by atoms with Crippen molar-refractivity contribution in [3.63, 3.8) is 0 Å². The topological polar surface area (TPSA) is 162 Å². The smallest absolute Gasteiger partial charge is 0.300 e. The first kappa shape index (κ1) is 27.3. The monoisotopic (exact) mass is 526 g/mol. The van der Waals surface area contributed by atoms with Crippen LogP contribution in [0.15, 0.2) is 35.5 Å². The van der Waals surface area contributed by atoms with Gasteiger partial charge in [-0.3, -0.25) is 18.8 Å². The summed E-state index contributed by atoms with van der Waals surface area (Å²) in [6.45, 7) is 6.44. The molecule has 0 saturated carbocycles. The van der Waals surface area contributed by atoms with Gasteiger partial charge in [-0.2, -0.15) is 0 Å². The zero-order chi connectivity index (χ0) is 27.4. The highest BCUT2D eigenvalue weighted by Gasteiger charge is 2.31. The number of aliphatic carboxylic acids is 2. The summed E-state index contributed by atoms with van der Waals surface area (Å²) in [5, 5.41) is 28.2. The Kier molecular flexibility index (Phi) is 8.42. The maximum absolute atomic E-state index is 13.0. The second-order valence-corrected chi connectivity index (χ2v) is 9.92. The summed E-state index contributed by atoms with van der Waals surface area (Å²) in [7, 11) is 0. The molecule has 0 aromatic carbocycles. The van der Waals surface area contributed by atoms with Crippen molar-refractivity contribution in [1.29, 1.82) is 0 Å². The highest BCUT2D eigenvalue weighted by atomic mass is 16.4. The minimum Gasteiger partial charge on any atom is -0.481 e. The minimum atomic E-state index is -0.833. The van der Waals surface area contributed by atoms with Crippen LogP contribution in [0.25, 0.3) is 16.9 Å². The Bertz CT molecular complexity index is 1340. The third-order valence-electron chi connectivity index (χ3n) is 6.93. The van der Waals surface area contributed by atoms with Crippen LogP contribution in [-0.2, 0) is 16.1 Å². The third kappa shape index (κ3) is 6.20. The molecule has 0 radical (unpaired) electrons. The standard InChI is InChI=1S/C22H26N6O2.2C2H4O2/c29-17-1-4-26(5-2-17)21-22-25-12-19(27(22)6-3-24-21)15-8-18-16-7-14(10-23-11-16)13-28(18)20(30)9-15;2*1-2(3)4/h3,6,8-9,12,14,16-17,23,29H,1-2,4-5,7,10-11,13H2;2*1H3,(H,3,4)/t14-,16+;;/m0../s1. The fraction of sp³-hybridized carbons (Fsp3) is 0.500. The summed E-state index contributed by atoms with van der Waals surface area (Å²) < 4.78 is 4.00. The van der Waals surface area contributed by atoms with Gasteiger partial charge in [0.2, 0.25) is 0 Å². The Hall–Kier alpha value is -3.77. The van der Waals surface area contributed by atoms with E-state index in [1.165, 1.54) is 0 Å². The number of piperidine rings is 2. The summed E-state index contributed by atoms with van der Waals surface area (Å²) in [4.78, 5) is 42.4. The first-order valence-electron chi connectivity index (χ1n) is 12.7. The van der Waals surface area contributed by atoms with Crippen molar-refractivity contribution in [2.24, 2.45) is 5.92 Å². The second-order valence-electron chi connectivity index (χ2n) is 9.92. The van der Waals surface area contributed by atoms with Crippen molar-refractivity contribution in [3.05, 3.63) is 46.8 Å². The van der Waals surface area contributed by atoms with Crippen molar-refractivity contribution < 1.29 is 24.9 Å². The van der Waals surface area contributed by atoms with Gasteiger partial charge in [0.1, 0.15) is 0 Å². The van der Waals surface area contributed by atoms with Crippen molar-refractivity contribution in [2.45, 2.75) is 51.7 Å². The number of aromatic nitrogens is 4. The number of hydrogen-bond donors (Lipinski definition) is 4. The molecule has 0 aliphatic carbocycles. The van der Waals surface area contributed by atoms with Crippen LogP contribution in [0.4, 0.5) is 5.82 Å².